The normalized spacial score (nSPS) is 24.4. The maximum atomic E-state index is 11.4. The van der Waals surface area contributed by atoms with Crippen LogP contribution >= 0.6 is 24.0 Å². The Bertz CT molecular complexity index is 1110. The third kappa shape index (κ3) is 5.13. The Labute approximate surface area is 202 Å². The fourth-order valence-electron chi connectivity index (χ4n) is 4.92. The second kappa shape index (κ2) is 10.1. The van der Waals surface area contributed by atoms with Gasteiger partial charge in [-0.1, -0.05) is 29.8 Å². The second-order valence-corrected chi connectivity index (χ2v) is 9.00. The van der Waals surface area contributed by atoms with Crippen LogP contribution in [0.2, 0.25) is 5.02 Å². The van der Waals surface area contributed by atoms with E-state index in [9.17, 15) is 9.90 Å². The largest absolute Gasteiger partial charge is 0.490 e. The number of carbonyl (C=O) groups is 1. The number of rotatable bonds is 5. The Kier molecular flexibility index (Phi) is 7.17. The summed E-state index contributed by atoms with van der Waals surface area (Å²) in [4.78, 5) is 11.4. The van der Waals surface area contributed by atoms with Crippen molar-refractivity contribution in [3.63, 3.8) is 0 Å². The fourth-order valence-corrected chi connectivity index (χ4v) is 5.11. The van der Waals surface area contributed by atoms with Gasteiger partial charge in [0, 0.05) is 5.02 Å². The van der Waals surface area contributed by atoms with E-state index in [1.165, 1.54) is 0 Å². The van der Waals surface area contributed by atoms with E-state index >= 15 is 0 Å². The van der Waals surface area contributed by atoms with Crippen LogP contribution in [-0.2, 0) is 4.79 Å². The lowest BCUT2D eigenvalue weighted by Gasteiger charge is -2.41. The van der Waals surface area contributed by atoms with Crippen LogP contribution in [0, 0.1) is 11.8 Å². The Balaban J connectivity index is 0.00000259. The average Bonchev–Trinajstić information content (AvgIpc) is 3.33. The number of aromatic nitrogens is 4. The van der Waals surface area contributed by atoms with Gasteiger partial charge in [-0.25, -0.2) is 0 Å². The number of carboxylic acids is 1. The van der Waals surface area contributed by atoms with Gasteiger partial charge >= 0.3 is 5.97 Å². The van der Waals surface area contributed by atoms with Gasteiger partial charge in [0.1, 0.15) is 11.8 Å². The number of hydrogen-bond donors (Lipinski definition) is 3. The molecule has 2 heterocycles. The summed E-state index contributed by atoms with van der Waals surface area (Å²) in [6, 6.07) is 13.1. The topological polar surface area (TPSA) is 113 Å². The maximum Gasteiger partial charge on any atom is 0.320 e. The molecule has 0 amide bonds. The first kappa shape index (κ1) is 23.5. The van der Waals surface area contributed by atoms with E-state index in [-0.39, 0.29) is 18.5 Å². The SMILES string of the molecule is Cl.O=C(O)[C@@H]1C[C@H]2C[C@@H](Oc3cc(-c4cccc(Cl)c4)ccc3-c3nn[nH]n3)CC[C@H]2CN1. The van der Waals surface area contributed by atoms with Gasteiger partial charge in [0.15, 0.2) is 0 Å². The smallest absolute Gasteiger partial charge is 0.320 e. The van der Waals surface area contributed by atoms with Crippen LogP contribution < -0.4 is 10.1 Å². The highest BCUT2D eigenvalue weighted by atomic mass is 35.5. The highest BCUT2D eigenvalue weighted by Crippen LogP contribution is 2.40. The number of nitrogens with zero attached hydrogens (tertiary/aromatic N) is 3. The zero-order valence-electron chi connectivity index (χ0n) is 17.8. The van der Waals surface area contributed by atoms with Crippen molar-refractivity contribution >= 4 is 30.0 Å². The predicted octanol–water partition coefficient (Wildman–Crippen LogP) is 4.22. The minimum absolute atomic E-state index is 0. The molecule has 0 spiro atoms. The molecule has 1 aromatic heterocycles. The molecule has 0 bridgehead atoms. The van der Waals surface area contributed by atoms with E-state index in [4.69, 9.17) is 16.3 Å². The molecule has 1 saturated carbocycles. The van der Waals surface area contributed by atoms with Crippen molar-refractivity contribution in [1.29, 1.82) is 0 Å². The van der Waals surface area contributed by atoms with Gasteiger partial charge in [-0.2, -0.15) is 5.21 Å². The summed E-state index contributed by atoms with van der Waals surface area (Å²) in [5, 5.41) is 27.7. The molecule has 3 N–H and O–H groups in total. The summed E-state index contributed by atoms with van der Waals surface area (Å²) in [6.45, 7) is 0.757. The molecular weight excluding hydrogens is 465 g/mol. The van der Waals surface area contributed by atoms with Crippen LogP contribution in [-0.4, -0.2) is 50.4 Å². The lowest BCUT2D eigenvalue weighted by Crippen LogP contribution is -2.50. The van der Waals surface area contributed by atoms with Crippen molar-refractivity contribution in [2.24, 2.45) is 11.8 Å². The van der Waals surface area contributed by atoms with Gasteiger partial charge in [-0.05, 0) is 84.7 Å². The third-order valence-corrected chi connectivity index (χ3v) is 6.81. The van der Waals surface area contributed by atoms with Gasteiger partial charge in [-0.15, -0.1) is 22.6 Å². The van der Waals surface area contributed by atoms with E-state index in [2.05, 4.69) is 25.9 Å². The van der Waals surface area contributed by atoms with Crippen LogP contribution in [0.25, 0.3) is 22.5 Å². The first-order chi connectivity index (χ1) is 15.6. The van der Waals surface area contributed by atoms with Crippen LogP contribution in [0.3, 0.4) is 0 Å². The molecule has 8 nitrogen and oxygen atoms in total. The lowest BCUT2D eigenvalue weighted by atomic mass is 9.72. The monoisotopic (exact) mass is 489 g/mol. The number of halogens is 2. The standard InChI is InChI=1S/C23H24ClN5O3.ClH/c24-17-3-1-2-13(8-17)14-5-7-19(22-26-28-29-27-22)21(11-14)32-18-6-4-15-12-25-20(23(30)31)10-16(15)9-18;/h1-3,5,7-8,11,15-16,18,20,25H,4,6,9-10,12H2,(H,30,31)(H,26,27,28,29);1H/t15-,16+,18-,20-;/m0./s1. The summed E-state index contributed by atoms with van der Waals surface area (Å²) in [5.41, 5.74) is 2.74. The van der Waals surface area contributed by atoms with Crippen LogP contribution in [0.5, 0.6) is 5.75 Å². The quantitative estimate of drug-likeness (QED) is 0.491. The molecule has 33 heavy (non-hydrogen) atoms. The molecule has 0 unspecified atom stereocenters. The van der Waals surface area contributed by atoms with Gasteiger partial charge in [0.25, 0.3) is 0 Å². The molecule has 1 aliphatic carbocycles. The van der Waals surface area contributed by atoms with E-state index in [1.807, 2.05) is 42.5 Å². The first-order valence-corrected chi connectivity index (χ1v) is 11.2. The second-order valence-electron chi connectivity index (χ2n) is 8.56. The molecule has 0 radical (unpaired) electrons. The molecule has 2 fully saturated rings. The Morgan fingerprint density at radius 1 is 1.09 bits per heavy atom. The number of benzene rings is 2. The minimum Gasteiger partial charge on any atom is -0.490 e. The van der Waals surface area contributed by atoms with Crippen LogP contribution in [0.4, 0.5) is 0 Å². The lowest BCUT2D eigenvalue weighted by molar-refractivity contribution is -0.141. The van der Waals surface area contributed by atoms with Crippen molar-refractivity contribution in [3.8, 4) is 28.3 Å². The van der Waals surface area contributed by atoms with Gasteiger partial charge < -0.3 is 15.2 Å². The van der Waals surface area contributed by atoms with Crippen molar-refractivity contribution < 1.29 is 14.6 Å². The van der Waals surface area contributed by atoms with Crippen molar-refractivity contribution in [2.45, 2.75) is 37.8 Å². The number of tetrazole rings is 1. The van der Waals surface area contributed by atoms with Crippen molar-refractivity contribution in [3.05, 3.63) is 47.5 Å². The van der Waals surface area contributed by atoms with Crippen LogP contribution in [0.15, 0.2) is 42.5 Å². The van der Waals surface area contributed by atoms with E-state index in [0.29, 0.717) is 34.9 Å². The molecule has 1 saturated heterocycles. The zero-order chi connectivity index (χ0) is 22.1. The highest BCUT2D eigenvalue weighted by Gasteiger charge is 2.38. The van der Waals surface area contributed by atoms with Gasteiger partial charge in [0.05, 0.1) is 11.7 Å². The van der Waals surface area contributed by atoms with Gasteiger partial charge in [-0.3, -0.25) is 4.79 Å². The highest BCUT2D eigenvalue weighted by molar-refractivity contribution is 6.30. The number of nitrogens with one attached hydrogen (secondary N) is 2. The summed E-state index contributed by atoms with van der Waals surface area (Å²) >= 11 is 6.19. The molecule has 2 aliphatic rings. The van der Waals surface area contributed by atoms with E-state index < -0.39 is 12.0 Å². The Hall–Kier alpha value is -2.68. The molecule has 4 atom stereocenters. The number of aromatic amines is 1. The fraction of sp³-hybridized carbons (Fsp3) is 0.391. The summed E-state index contributed by atoms with van der Waals surface area (Å²) < 4.78 is 6.52. The van der Waals surface area contributed by atoms with Crippen molar-refractivity contribution in [1.82, 2.24) is 25.9 Å². The number of hydrogen-bond acceptors (Lipinski definition) is 6. The van der Waals surface area contributed by atoms with E-state index in [0.717, 1.165) is 42.5 Å². The Morgan fingerprint density at radius 3 is 2.70 bits per heavy atom. The van der Waals surface area contributed by atoms with Crippen LogP contribution in [0.1, 0.15) is 25.7 Å². The molecule has 3 aromatic rings. The average molecular weight is 490 g/mol. The number of piperidine rings is 1. The molecule has 5 rings (SSSR count). The Morgan fingerprint density at radius 2 is 1.94 bits per heavy atom. The third-order valence-electron chi connectivity index (χ3n) is 6.57. The molecular formula is C23H25Cl2N5O3. The number of carboxylic acid groups (broad SMARTS) is 1. The molecule has 10 heteroatoms. The number of aliphatic carboxylic acids is 1. The van der Waals surface area contributed by atoms with Gasteiger partial charge in [0.2, 0.25) is 5.82 Å². The predicted molar refractivity (Wildman–Crippen MR) is 127 cm³/mol. The number of H-pyrrole nitrogens is 1. The van der Waals surface area contributed by atoms with Crippen molar-refractivity contribution in [2.75, 3.05) is 6.54 Å². The minimum atomic E-state index is -0.778. The summed E-state index contributed by atoms with van der Waals surface area (Å²) in [7, 11) is 0. The summed E-state index contributed by atoms with van der Waals surface area (Å²) in [5.74, 6) is 1.22. The zero-order valence-corrected chi connectivity index (χ0v) is 19.4. The maximum absolute atomic E-state index is 11.4. The molecule has 174 valence electrons. The number of fused-ring (bicyclic) bond motifs is 1. The van der Waals surface area contributed by atoms with E-state index in [1.54, 1.807) is 0 Å². The first-order valence-electron chi connectivity index (χ1n) is 10.8. The molecule has 2 aromatic carbocycles. The molecule has 1 aliphatic heterocycles. The number of ether oxygens (including phenoxy) is 1. The summed E-state index contributed by atoms with van der Waals surface area (Å²) in [6.07, 6.45) is 3.42.